The van der Waals surface area contributed by atoms with Crippen molar-refractivity contribution in [3.8, 4) is 6.07 Å². The van der Waals surface area contributed by atoms with Crippen molar-refractivity contribution in [1.29, 1.82) is 5.26 Å². The van der Waals surface area contributed by atoms with E-state index in [-0.39, 0.29) is 17.1 Å². The molecule has 1 N–H and O–H groups in total. The highest BCUT2D eigenvalue weighted by atomic mass is 32.2. The van der Waals surface area contributed by atoms with Crippen molar-refractivity contribution in [1.82, 2.24) is 4.90 Å². The summed E-state index contributed by atoms with van der Waals surface area (Å²) >= 11 is 1.25. The number of carbonyl (C=O) groups excluding carboxylic acids is 2. The van der Waals surface area contributed by atoms with Crippen molar-refractivity contribution >= 4 is 44.0 Å². The Morgan fingerprint density at radius 3 is 2.50 bits per heavy atom. The largest absolute Gasteiger partial charge is 0.450 e. The summed E-state index contributed by atoms with van der Waals surface area (Å²) in [6.07, 6.45) is 0.0823. The van der Waals surface area contributed by atoms with Crippen LogP contribution in [0.2, 0.25) is 0 Å². The molecule has 1 aliphatic heterocycles. The fraction of sp³-hybridized carbons (Fsp3) is 0.240. The second-order valence-electron chi connectivity index (χ2n) is 7.98. The molecule has 36 heavy (non-hydrogen) atoms. The zero-order valence-electron chi connectivity index (χ0n) is 19.7. The fourth-order valence-electron chi connectivity index (χ4n) is 3.87. The number of para-hydroxylation sites is 1. The molecule has 0 saturated carbocycles. The molecular formula is C25H24N4O5S2. The number of sulfonamides is 1. The highest BCUT2D eigenvalue weighted by Crippen LogP contribution is 2.37. The summed E-state index contributed by atoms with van der Waals surface area (Å²) in [6, 6.07) is 16.5. The minimum absolute atomic E-state index is 0.0498. The Morgan fingerprint density at radius 2 is 1.86 bits per heavy atom. The summed E-state index contributed by atoms with van der Waals surface area (Å²) < 4.78 is 32.2. The number of ether oxygens (including phenoxy) is 1. The zero-order chi connectivity index (χ0) is 25.9. The molecule has 2 aromatic carbocycles. The molecular weight excluding hydrogens is 500 g/mol. The number of nitrogens with zero attached hydrogens (tertiary/aromatic N) is 3. The first-order chi connectivity index (χ1) is 17.3. The summed E-state index contributed by atoms with van der Waals surface area (Å²) in [5.41, 5.74) is 1.98. The van der Waals surface area contributed by atoms with E-state index in [2.05, 4.69) is 11.4 Å². The molecule has 0 saturated heterocycles. The average molecular weight is 525 g/mol. The number of hydrogen-bond donors (Lipinski definition) is 1. The minimum Gasteiger partial charge on any atom is -0.450 e. The number of carbonyl (C=O) groups is 2. The molecule has 0 fully saturated rings. The lowest BCUT2D eigenvalue weighted by Gasteiger charge is -2.25. The number of thiophene rings is 1. The number of nitrogens with one attached hydrogen (secondary N) is 1. The molecule has 0 bridgehead atoms. The van der Waals surface area contributed by atoms with E-state index in [0.717, 1.165) is 10.4 Å². The summed E-state index contributed by atoms with van der Waals surface area (Å²) in [5.74, 6) is -0.465. The topological polar surface area (TPSA) is 120 Å². The molecule has 11 heteroatoms. The van der Waals surface area contributed by atoms with Gasteiger partial charge in [-0.05, 0) is 55.3 Å². The van der Waals surface area contributed by atoms with E-state index in [1.165, 1.54) is 47.0 Å². The monoisotopic (exact) mass is 524 g/mol. The first-order valence-corrected chi connectivity index (χ1v) is 13.4. The summed E-state index contributed by atoms with van der Waals surface area (Å²) in [7, 11) is -2.34. The van der Waals surface area contributed by atoms with E-state index in [1.54, 1.807) is 42.2 Å². The molecule has 0 spiro atoms. The summed E-state index contributed by atoms with van der Waals surface area (Å²) in [6.45, 7) is 2.76. The molecule has 0 unspecified atom stereocenters. The lowest BCUT2D eigenvalue weighted by Crippen LogP contribution is -2.35. The molecule has 4 rings (SSSR count). The fourth-order valence-corrected chi connectivity index (χ4v) is 6.27. The lowest BCUT2D eigenvalue weighted by molar-refractivity contribution is 0.102. The number of hydrogen-bond acceptors (Lipinski definition) is 7. The maximum atomic E-state index is 13.0. The molecule has 3 aromatic rings. The van der Waals surface area contributed by atoms with E-state index >= 15 is 0 Å². The second kappa shape index (κ2) is 10.4. The van der Waals surface area contributed by atoms with Gasteiger partial charge in [-0.15, -0.1) is 11.3 Å². The Hall–Kier alpha value is -3.88. The van der Waals surface area contributed by atoms with Crippen LogP contribution in [-0.4, -0.2) is 45.5 Å². The number of rotatable bonds is 6. The molecule has 9 nitrogen and oxygen atoms in total. The quantitative estimate of drug-likeness (QED) is 0.516. The van der Waals surface area contributed by atoms with Gasteiger partial charge < -0.3 is 15.0 Å². The number of benzene rings is 2. The van der Waals surface area contributed by atoms with Gasteiger partial charge >= 0.3 is 6.09 Å². The van der Waals surface area contributed by atoms with Crippen LogP contribution in [0.15, 0.2) is 59.5 Å². The minimum atomic E-state index is -3.80. The Bertz CT molecular complexity index is 1430. The van der Waals surface area contributed by atoms with E-state index in [1.807, 2.05) is 0 Å². The van der Waals surface area contributed by atoms with Gasteiger partial charge in [0, 0.05) is 24.0 Å². The van der Waals surface area contributed by atoms with Gasteiger partial charge in [0.05, 0.1) is 29.3 Å². The molecule has 1 aliphatic rings. The van der Waals surface area contributed by atoms with Gasteiger partial charge in [-0.3, -0.25) is 9.10 Å². The average Bonchev–Trinajstić information content (AvgIpc) is 3.24. The third-order valence-corrected chi connectivity index (χ3v) is 8.75. The van der Waals surface area contributed by atoms with Gasteiger partial charge in [0.15, 0.2) is 0 Å². The highest BCUT2D eigenvalue weighted by Gasteiger charge is 2.28. The molecule has 186 valence electrons. The maximum absolute atomic E-state index is 13.0. The van der Waals surface area contributed by atoms with E-state index < -0.39 is 22.0 Å². The van der Waals surface area contributed by atoms with Crippen LogP contribution in [0.3, 0.4) is 0 Å². The van der Waals surface area contributed by atoms with Crippen molar-refractivity contribution in [2.45, 2.75) is 24.8 Å². The number of anilines is 2. The SMILES string of the molecule is CCOC(=O)N1CCc2c(sc(NC(=O)c3ccc(S(=O)(=O)N(C)c4ccccc4)cc3)c2C#N)C1. The molecule has 0 radical (unpaired) electrons. The predicted molar refractivity (Wildman–Crippen MR) is 137 cm³/mol. The third kappa shape index (κ3) is 4.91. The van der Waals surface area contributed by atoms with Crippen LogP contribution in [-0.2, 0) is 27.7 Å². The van der Waals surface area contributed by atoms with Crippen LogP contribution in [0.1, 0.15) is 33.3 Å². The normalized spacial score (nSPS) is 12.9. The first kappa shape index (κ1) is 25.2. The molecule has 2 heterocycles. The zero-order valence-corrected chi connectivity index (χ0v) is 21.4. The molecule has 0 atom stereocenters. The highest BCUT2D eigenvalue weighted by molar-refractivity contribution is 7.92. The van der Waals surface area contributed by atoms with Crippen LogP contribution in [0.4, 0.5) is 15.5 Å². The van der Waals surface area contributed by atoms with Crippen molar-refractivity contribution in [2.75, 3.05) is 29.8 Å². The number of fused-ring (bicyclic) bond motifs is 1. The number of nitriles is 1. The Labute approximate surface area is 213 Å². The third-order valence-electron chi connectivity index (χ3n) is 5.82. The van der Waals surface area contributed by atoms with Crippen LogP contribution >= 0.6 is 11.3 Å². The molecule has 1 aromatic heterocycles. The summed E-state index contributed by atoms with van der Waals surface area (Å²) in [5, 5.41) is 12.9. The van der Waals surface area contributed by atoms with Gasteiger partial charge in [-0.25, -0.2) is 13.2 Å². The lowest BCUT2D eigenvalue weighted by atomic mass is 10.0. The van der Waals surface area contributed by atoms with Gasteiger partial charge in [0.25, 0.3) is 15.9 Å². The van der Waals surface area contributed by atoms with Crippen molar-refractivity contribution in [3.63, 3.8) is 0 Å². The van der Waals surface area contributed by atoms with E-state index in [9.17, 15) is 23.3 Å². The smallest absolute Gasteiger partial charge is 0.410 e. The van der Waals surface area contributed by atoms with Gasteiger partial charge in [0.1, 0.15) is 11.1 Å². The maximum Gasteiger partial charge on any atom is 0.410 e. The molecule has 0 aliphatic carbocycles. The number of amides is 2. The Morgan fingerprint density at radius 1 is 1.17 bits per heavy atom. The second-order valence-corrected chi connectivity index (χ2v) is 11.1. The predicted octanol–water partition coefficient (Wildman–Crippen LogP) is 4.21. The Kier molecular flexibility index (Phi) is 7.28. The van der Waals surface area contributed by atoms with E-state index in [0.29, 0.717) is 35.8 Å². The van der Waals surface area contributed by atoms with Gasteiger partial charge in [-0.1, -0.05) is 18.2 Å². The van der Waals surface area contributed by atoms with Crippen molar-refractivity contribution in [3.05, 3.63) is 76.2 Å². The Balaban J connectivity index is 1.51. The van der Waals surface area contributed by atoms with Crippen LogP contribution < -0.4 is 9.62 Å². The summed E-state index contributed by atoms with van der Waals surface area (Å²) in [4.78, 5) is 27.4. The van der Waals surface area contributed by atoms with Crippen molar-refractivity contribution in [2.24, 2.45) is 0 Å². The van der Waals surface area contributed by atoms with Crippen LogP contribution in [0.5, 0.6) is 0 Å². The molecule has 2 amide bonds. The van der Waals surface area contributed by atoms with Crippen LogP contribution in [0, 0.1) is 11.3 Å². The van der Waals surface area contributed by atoms with Crippen LogP contribution in [0.25, 0.3) is 0 Å². The van der Waals surface area contributed by atoms with Crippen molar-refractivity contribution < 1.29 is 22.7 Å². The van der Waals surface area contributed by atoms with Gasteiger partial charge in [0.2, 0.25) is 0 Å². The standard InChI is InChI=1S/C25H24N4O5S2/c1-3-34-25(31)29-14-13-20-21(15-26)24(35-22(20)16-29)27-23(30)17-9-11-19(12-10-17)36(32,33)28(2)18-7-5-4-6-8-18/h4-12H,3,13-14,16H2,1-2H3,(H,27,30). The van der Waals surface area contributed by atoms with Gasteiger partial charge in [-0.2, -0.15) is 5.26 Å². The first-order valence-electron chi connectivity index (χ1n) is 11.2. The van der Waals surface area contributed by atoms with E-state index in [4.69, 9.17) is 4.74 Å².